The van der Waals surface area contributed by atoms with Crippen LogP contribution in [0.2, 0.25) is 0 Å². The molecule has 3 heterocycles. The molecule has 10 heteroatoms. The predicted molar refractivity (Wildman–Crippen MR) is 133 cm³/mol. The van der Waals surface area contributed by atoms with Gasteiger partial charge in [-0.15, -0.1) is 0 Å². The average Bonchev–Trinajstić information content (AvgIpc) is 3.53. The summed E-state index contributed by atoms with van der Waals surface area (Å²) in [4.78, 5) is 6.39. The molecule has 190 valence electrons. The molecule has 2 N–H and O–H groups in total. The van der Waals surface area contributed by atoms with Gasteiger partial charge < -0.3 is 15.3 Å². The van der Waals surface area contributed by atoms with Gasteiger partial charge in [-0.3, -0.25) is 4.68 Å². The molecule has 36 heavy (non-hydrogen) atoms. The Hall–Kier alpha value is -3.37. The number of rotatable bonds is 8. The van der Waals surface area contributed by atoms with E-state index in [2.05, 4.69) is 32.3 Å². The van der Waals surface area contributed by atoms with Crippen molar-refractivity contribution in [1.82, 2.24) is 29.4 Å². The zero-order valence-corrected chi connectivity index (χ0v) is 20.5. The summed E-state index contributed by atoms with van der Waals surface area (Å²) in [6.45, 7) is 7.14. The Labute approximate surface area is 208 Å². The van der Waals surface area contributed by atoms with Gasteiger partial charge in [0.1, 0.15) is 29.9 Å². The van der Waals surface area contributed by atoms with Crippen LogP contribution in [0.5, 0.6) is 0 Å². The molecule has 2 atom stereocenters. The number of hydrogen-bond donors (Lipinski definition) is 2. The first-order valence-corrected chi connectivity index (χ1v) is 12.3. The van der Waals surface area contributed by atoms with Crippen LogP contribution in [0.25, 0.3) is 10.9 Å². The lowest BCUT2D eigenvalue weighted by Crippen LogP contribution is -2.41. The van der Waals surface area contributed by atoms with E-state index in [1.165, 1.54) is 23.4 Å². The summed E-state index contributed by atoms with van der Waals surface area (Å²) >= 11 is 0. The number of halogens is 2. The fraction of sp³-hybridized carbons (Fsp3) is 0.423. The molecular weight excluding hydrogens is 464 g/mol. The van der Waals surface area contributed by atoms with Crippen molar-refractivity contribution in [2.45, 2.75) is 50.9 Å². The molecule has 1 aliphatic heterocycles. The summed E-state index contributed by atoms with van der Waals surface area (Å²) < 4.78 is 31.7. The summed E-state index contributed by atoms with van der Waals surface area (Å²) in [6, 6.07) is 8.92. The summed E-state index contributed by atoms with van der Waals surface area (Å²) in [7, 11) is 0. The van der Waals surface area contributed by atoms with Gasteiger partial charge in [0.15, 0.2) is 0 Å². The third-order valence-electron chi connectivity index (χ3n) is 7.33. The van der Waals surface area contributed by atoms with Gasteiger partial charge in [-0.2, -0.15) is 10.2 Å². The molecule has 2 aromatic heterocycles. The fourth-order valence-electron chi connectivity index (χ4n) is 5.13. The maximum absolute atomic E-state index is 14.9. The fourth-order valence-corrected chi connectivity index (χ4v) is 5.13. The summed E-state index contributed by atoms with van der Waals surface area (Å²) in [5.74, 6) is -1.54. The molecule has 5 rings (SSSR count). The number of aromatic nitrogens is 5. The van der Waals surface area contributed by atoms with Crippen LogP contribution in [0.3, 0.4) is 0 Å². The number of aliphatic hydroxyl groups is 1. The molecule has 1 aliphatic rings. The van der Waals surface area contributed by atoms with Gasteiger partial charge in [0.05, 0.1) is 24.3 Å². The van der Waals surface area contributed by atoms with Crippen molar-refractivity contribution < 1.29 is 13.9 Å². The number of hydrogen-bond acceptors (Lipinski definition) is 6. The number of likely N-dealkylation sites (tertiary alicyclic amines) is 1. The zero-order valence-electron chi connectivity index (χ0n) is 20.5. The van der Waals surface area contributed by atoms with Crippen LogP contribution in [0.1, 0.15) is 38.3 Å². The van der Waals surface area contributed by atoms with E-state index in [0.717, 1.165) is 61.2 Å². The van der Waals surface area contributed by atoms with Gasteiger partial charge in [-0.25, -0.2) is 18.4 Å². The molecule has 0 saturated carbocycles. The predicted octanol–water partition coefficient (Wildman–Crippen LogP) is 3.95. The Morgan fingerprint density at radius 2 is 1.94 bits per heavy atom. The third kappa shape index (κ3) is 4.70. The van der Waals surface area contributed by atoms with Crippen LogP contribution in [0.15, 0.2) is 55.2 Å². The normalized spacial score (nSPS) is 17.8. The van der Waals surface area contributed by atoms with Gasteiger partial charge >= 0.3 is 0 Å². The number of nitrogens with zero attached hydrogens (tertiary/aromatic N) is 6. The van der Waals surface area contributed by atoms with Crippen molar-refractivity contribution in [3.63, 3.8) is 0 Å². The Morgan fingerprint density at radius 1 is 1.14 bits per heavy atom. The number of piperidine rings is 1. The van der Waals surface area contributed by atoms with E-state index in [1.54, 1.807) is 17.8 Å². The van der Waals surface area contributed by atoms with Crippen LogP contribution < -0.4 is 5.32 Å². The molecule has 0 amide bonds. The second-order valence-electron chi connectivity index (χ2n) is 9.53. The van der Waals surface area contributed by atoms with E-state index in [0.29, 0.717) is 6.04 Å². The van der Waals surface area contributed by atoms with Crippen LogP contribution in [-0.4, -0.2) is 60.2 Å². The van der Waals surface area contributed by atoms with Gasteiger partial charge in [-0.05, 0) is 50.6 Å². The Kier molecular flexibility index (Phi) is 6.72. The Bertz CT molecular complexity index is 1320. The van der Waals surface area contributed by atoms with E-state index in [1.807, 2.05) is 18.2 Å². The Morgan fingerprint density at radius 3 is 2.64 bits per heavy atom. The summed E-state index contributed by atoms with van der Waals surface area (Å²) in [5, 5.41) is 25.1. The number of benzene rings is 2. The average molecular weight is 496 g/mol. The van der Waals surface area contributed by atoms with E-state index in [4.69, 9.17) is 0 Å². The van der Waals surface area contributed by atoms with Crippen molar-refractivity contribution in [2.24, 2.45) is 0 Å². The first-order chi connectivity index (χ1) is 17.4. The molecule has 0 radical (unpaired) electrons. The van der Waals surface area contributed by atoms with E-state index >= 15 is 0 Å². The summed E-state index contributed by atoms with van der Waals surface area (Å²) in [6.07, 6.45) is 6.73. The standard InChI is InChI=1S/C26H31F2N7O/c1-3-33-10-8-21(9-11-33)32-22-5-7-25-19(12-22)14-30-35(25)18(2)26(36,15-34-17-29-16-31-34)23-6-4-20(27)13-24(23)28/h4-7,12-14,16-18,21,32,36H,3,8-11,15H2,1-2H3/t18-,26-/m1/s1. The minimum absolute atomic E-state index is 0.0349. The molecule has 1 fully saturated rings. The SMILES string of the molecule is CCN1CCC(Nc2ccc3c(cnn3[C@H](C)[C@](O)(Cn3cncn3)c3ccc(F)cc3F)c2)CC1. The van der Waals surface area contributed by atoms with E-state index in [9.17, 15) is 13.9 Å². The van der Waals surface area contributed by atoms with E-state index < -0.39 is 23.3 Å². The van der Waals surface area contributed by atoms with Crippen LogP contribution >= 0.6 is 0 Å². The number of fused-ring (bicyclic) bond motifs is 1. The smallest absolute Gasteiger partial charge is 0.137 e. The van der Waals surface area contributed by atoms with Gasteiger partial charge in [0.2, 0.25) is 0 Å². The lowest BCUT2D eigenvalue weighted by atomic mass is 9.86. The topological polar surface area (TPSA) is 84.0 Å². The lowest BCUT2D eigenvalue weighted by Gasteiger charge is -2.35. The molecule has 4 aromatic rings. The quantitative estimate of drug-likeness (QED) is 0.385. The maximum atomic E-state index is 14.9. The first-order valence-electron chi connectivity index (χ1n) is 12.3. The molecule has 2 aromatic carbocycles. The first kappa shape index (κ1) is 24.3. The monoisotopic (exact) mass is 495 g/mol. The minimum atomic E-state index is -1.78. The molecule has 0 spiro atoms. The molecule has 0 aliphatic carbocycles. The van der Waals surface area contributed by atoms with Crippen molar-refractivity contribution >= 4 is 16.6 Å². The molecule has 0 bridgehead atoms. The maximum Gasteiger partial charge on any atom is 0.137 e. The van der Waals surface area contributed by atoms with Crippen molar-refractivity contribution in [1.29, 1.82) is 0 Å². The second-order valence-corrected chi connectivity index (χ2v) is 9.53. The van der Waals surface area contributed by atoms with Crippen molar-refractivity contribution in [3.8, 4) is 0 Å². The Balaban J connectivity index is 1.44. The van der Waals surface area contributed by atoms with E-state index in [-0.39, 0.29) is 12.1 Å². The highest BCUT2D eigenvalue weighted by molar-refractivity contribution is 5.82. The zero-order chi connectivity index (χ0) is 25.3. The second kappa shape index (κ2) is 9.94. The van der Waals surface area contributed by atoms with Gasteiger partial charge in [-0.1, -0.05) is 13.0 Å². The van der Waals surface area contributed by atoms with Gasteiger partial charge in [0.25, 0.3) is 0 Å². The number of anilines is 1. The van der Waals surface area contributed by atoms with Crippen LogP contribution in [-0.2, 0) is 12.1 Å². The van der Waals surface area contributed by atoms with Crippen LogP contribution in [0, 0.1) is 11.6 Å². The van der Waals surface area contributed by atoms with Gasteiger partial charge in [0, 0.05) is 41.8 Å². The highest BCUT2D eigenvalue weighted by Crippen LogP contribution is 2.38. The summed E-state index contributed by atoms with van der Waals surface area (Å²) in [5.41, 5.74) is 0.00183. The molecule has 8 nitrogen and oxygen atoms in total. The third-order valence-corrected chi connectivity index (χ3v) is 7.33. The molecule has 1 saturated heterocycles. The van der Waals surface area contributed by atoms with Crippen molar-refractivity contribution in [3.05, 3.63) is 72.4 Å². The largest absolute Gasteiger partial charge is 0.382 e. The highest BCUT2D eigenvalue weighted by Gasteiger charge is 2.41. The number of nitrogens with one attached hydrogen (secondary N) is 1. The molecular formula is C26H31F2N7O. The van der Waals surface area contributed by atoms with Crippen molar-refractivity contribution in [2.75, 3.05) is 25.0 Å². The molecule has 0 unspecified atom stereocenters. The highest BCUT2D eigenvalue weighted by atomic mass is 19.1. The lowest BCUT2D eigenvalue weighted by molar-refractivity contribution is -0.0354. The van der Waals surface area contributed by atoms with Crippen LogP contribution in [0.4, 0.5) is 14.5 Å². The minimum Gasteiger partial charge on any atom is -0.382 e.